The SMILES string of the molecule is COc1ccc(Cn2c(-c3ccc(OC)cc3)cc(C)[n+]2[O-])cc1. The van der Waals surface area contributed by atoms with Crippen molar-refractivity contribution in [2.45, 2.75) is 13.5 Å². The molecule has 3 aromatic rings. The van der Waals surface area contributed by atoms with Gasteiger partial charge in [0.25, 0.3) is 0 Å². The third-order valence-corrected chi connectivity index (χ3v) is 4.02. The highest BCUT2D eigenvalue weighted by molar-refractivity contribution is 5.60. The molecule has 5 nitrogen and oxygen atoms in total. The second-order valence-corrected chi connectivity index (χ2v) is 5.58. The van der Waals surface area contributed by atoms with E-state index in [1.807, 2.05) is 61.5 Å². The number of rotatable bonds is 5. The number of methoxy groups -OCH3 is 2. The second-order valence-electron chi connectivity index (χ2n) is 5.58. The molecule has 0 amide bonds. The minimum absolute atomic E-state index is 0.489. The van der Waals surface area contributed by atoms with Gasteiger partial charge in [-0.1, -0.05) is 17.0 Å². The Kier molecular flexibility index (Phi) is 4.42. The summed E-state index contributed by atoms with van der Waals surface area (Å²) in [6.45, 7) is 2.30. The van der Waals surface area contributed by atoms with Gasteiger partial charge in [-0.2, -0.15) is 0 Å². The number of aromatic nitrogens is 2. The zero-order valence-corrected chi connectivity index (χ0v) is 14.0. The van der Waals surface area contributed by atoms with Gasteiger partial charge in [0.05, 0.1) is 14.2 Å². The summed E-state index contributed by atoms with van der Waals surface area (Å²) in [6, 6.07) is 17.3. The Morgan fingerprint density at radius 3 is 2.00 bits per heavy atom. The molecular weight excluding hydrogens is 304 g/mol. The number of benzene rings is 2. The maximum absolute atomic E-state index is 12.4. The third-order valence-electron chi connectivity index (χ3n) is 4.02. The highest BCUT2D eigenvalue weighted by atomic mass is 16.5. The predicted octanol–water partition coefficient (Wildman–Crippen LogP) is 3.16. The summed E-state index contributed by atoms with van der Waals surface area (Å²) in [5, 5.41) is 12.4. The van der Waals surface area contributed by atoms with Crippen molar-refractivity contribution in [3.63, 3.8) is 0 Å². The van der Waals surface area contributed by atoms with Crippen molar-refractivity contribution in [1.82, 2.24) is 4.68 Å². The number of nitrogens with zero attached hydrogens (tertiary/aromatic N) is 2. The van der Waals surface area contributed by atoms with Gasteiger partial charge in [0.2, 0.25) is 5.69 Å². The minimum Gasteiger partial charge on any atom is -0.596 e. The lowest BCUT2D eigenvalue weighted by Gasteiger charge is -2.09. The molecule has 24 heavy (non-hydrogen) atoms. The standard InChI is InChI=1S/C19H20N2O3/c1-14-12-19(16-6-10-18(24-3)11-7-16)20(21(14)22)13-15-4-8-17(23-2)9-5-15/h4-12H,13H2,1-3H3. The Morgan fingerprint density at radius 1 is 0.917 bits per heavy atom. The normalized spacial score (nSPS) is 10.6. The molecule has 0 N–H and O–H groups in total. The Morgan fingerprint density at radius 2 is 1.46 bits per heavy atom. The minimum atomic E-state index is 0.489. The van der Waals surface area contributed by atoms with Crippen LogP contribution in [-0.2, 0) is 6.54 Å². The monoisotopic (exact) mass is 324 g/mol. The lowest BCUT2D eigenvalue weighted by Crippen LogP contribution is -2.40. The van der Waals surface area contributed by atoms with Crippen LogP contribution in [0.1, 0.15) is 11.3 Å². The molecule has 124 valence electrons. The van der Waals surface area contributed by atoms with Gasteiger partial charge >= 0.3 is 0 Å². The lowest BCUT2D eigenvalue weighted by molar-refractivity contribution is -0.698. The highest BCUT2D eigenvalue weighted by Gasteiger charge is 2.17. The first-order valence-corrected chi connectivity index (χ1v) is 7.69. The summed E-state index contributed by atoms with van der Waals surface area (Å²) in [5.74, 6) is 1.59. The van der Waals surface area contributed by atoms with E-state index in [4.69, 9.17) is 9.47 Å². The zero-order chi connectivity index (χ0) is 17.1. The molecule has 1 heterocycles. The van der Waals surface area contributed by atoms with Gasteiger partial charge in [0, 0.05) is 18.6 Å². The van der Waals surface area contributed by atoms with E-state index in [1.54, 1.807) is 18.9 Å². The summed E-state index contributed by atoms with van der Waals surface area (Å²) < 4.78 is 12.1. The summed E-state index contributed by atoms with van der Waals surface area (Å²) in [7, 11) is 3.27. The van der Waals surface area contributed by atoms with Gasteiger partial charge in [0.15, 0.2) is 0 Å². The molecule has 0 aliphatic carbocycles. The van der Waals surface area contributed by atoms with Crippen LogP contribution in [0.5, 0.6) is 11.5 Å². The Balaban J connectivity index is 1.97. The maximum Gasteiger partial charge on any atom is 0.218 e. The van der Waals surface area contributed by atoms with E-state index in [0.29, 0.717) is 12.2 Å². The van der Waals surface area contributed by atoms with Crippen molar-refractivity contribution in [2.75, 3.05) is 14.2 Å². The summed E-state index contributed by atoms with van der Waals surface area (Å²) in [4.78, 5) is 0.934. The fourth-order valence-electron chi connectivity index (χ4n) is 2.66. The van der Waals surface area contributed by atoms with Crippen LogP contribution in [0.15, 0.2) is 54.6 Å². The first-order chi connectivity index (χ1) is 11.6. The van der Waals surface area contributed by atoms with Crippen LogP contribution < -0.4 is 14.3 Å². The van der Waals surface area contributed by atoms with Crippen molar-refractivity contribution in [2.24, 2.45) is 0 Å². The van der Waals surface area contributed by atoms with Crippen LogP contribution in [0.25, 0.3) is 11.3 Å². The van der Waals surface area contributed by atoms with Crippen molar-refractivity contribution in [1.29, 1.82) is 0 Å². The molecule has 0 saturated carbocycles. The van der Waals surface area contributed by atoms with Gasteiger partial charge < -0.3 is 14.7 Å². The lowest BCUT2D eigenvalue weighted by atomic mass is 10.1. The molecule has 3 rings (SSSR count). The van der Waals surface area contributed by atoms with Crippen molar-refractivity contribution >= 4 is 0 Å². The smallest absolute Gasteiger partial charge is 0.218 e. The number of hydrogen-bond acceptors (Lipinski definition) is 3. The highest BCUT2D eigenvalue weighted by Crippen LogP contribution is 2.23. The van der Waals surface area contributed by atoms with E-state index >= 15 is 0 Å². The second kappa shape index (κ2) is 6.66. The predicted molar refractivity (Wildman–Crippen MR) is 92.2 cm³/mol. The molecule has 1 aromatic heterocycles. The van der Waals surface area contributed by atoms with Crippen molar-refractivity contribution in [3.05, 3.63) is 71.1 Å². The molecular formula is C19H20N2O3. The Bertz CT molecular complexity index is 821. The van der Waals surface area contributed by atoms with Gasteiger partial charge in [0.1, 0.15) is 23.7 Å². The van der Waals surface area contributed by atoms with E-state index in [2.05, 4.69) is 0 Å². The van der Waals surface area contributed by atoms with Crippen molar-refractivity contribution in [3.8, 4) is 22.8 Å². The van der Waals surface area contributed by atoms with Crippen LogP contribution in [0.2, 0.25) is 0 Å². The first-order valence-electron chi connectivity index (χ1n) is 7.69. The quantitative estimate of drug-likeness (QED) is 0.535. The summed E-state index contributed by atoms with van der Waals surface area (Å²) in [5.41, 5.74) is 3.54. The maximum atomic E-state index is 12.4. The Hall–Kier alpha value is -2.95. The first kappa shape index (κ1) is 15.9. The fraction of sp³-hybridized carbons (Fsp3) is 0.211. The third kappa shape index (κ3) is 3.06. The van der Waals surface area contributed by atoms with Crippen LogP contribution in [0, 0.1) is 12.1 Å². The molecule has 0 aliphatic rings. The van der Waals surface area contributed by atoms with E-state index in [1.165, 1.54) is 0 Å². The van der Waals surface area contributed by atoms with Gasteiger partial charge in [-0.05, 0) is 42.0 Å². The average molecular weight is 324 g/mol. The number of ether oxygens (including phenoxy) is 2. The number of aryl methyl sites for hydroxylation is 1. The summed E-state index contributed by atoms with van der Waals surface area (Å²) in [6.07, 6.45) is 0. The molecule has 5 heteroatoms. The molecule has 0 radical (unpaired) electrons. The van der Waals surface area contributed by atoms with Crippen LogP contribution in [0.4, 0.5) is 0 Å². The molecule has 2 aromatic carbocycles. The molecule has 0 unspecified atom stereocenters. The van der Waals surface area contributed by atoms with Gasteiger partial charge in [-0.25, -0.2) is 0 Å². The molecule has 0 bridgehead atoms. The Labute approximate surface area is 141 Å². The summed E-state index contributed by atoms with van der Waals surface area (Å²) >= 11 is 0. The molecule has 0 fully saturated rings. The largest absolute Gasteiger partial charge is 0.596 e. The van der Waals surface area contributed by atoms with E-state index in [-0.39, 0.29) is 0 Å². The van der Waals surface area contributed by atoms with E-state index in [0.717, 1.165) is 33.2 Å². The molecule has 0 aliphatic heterocycles. The van der Waals surface area contributed by atoms with Gasteiger partial charge in [-0.15, -0.1) is 4.68 Å². The fourth-order valence-corrected chi connectivity index (χ4v) is 2.66. The zero-order valence-electron chi connectivity index (χ0n) is 14.0. The van der Waals surface area contributed by atoms with Crippen LogP contribution >= 0.6 is 0 Å². The van der Waals surface area contributed by atoms with E-state index in [9.17, 15) is 5.21 Å². The van der Waals surface area contributed by atoms with Gasteiger partial charge in [-0.3, -0.25) is 0 Å². The van der Waals surface area contributed by atoms with Crippen molar-refractivity contribution < 1.29 is 14.3 Å². The molecule has 0 atom stereocenters. The van der Waals surface area contributed by atoms with E-state index < -0.39 is 0 Å². The molecule has 0 spiro atoms. The topological polar surface area (TPSA) is 50.3 Å². The van der Waals surface area contributed by atoms with Crippen LogP contribution in [-0.4, -0.2) is 18.9 Å². The number of hydrogen-bond donors (Lipinski definition) is 0. The molecule has 0 saturated heterocycles. The van der Waals surface area contributed by atoms with Crippen LogP contribution in [0.3, 0.4) is 0 Å². The average Bonchev–Trinajstić information content (AvgIpc) is 2.91.